The molecule has 0 aromatic heterocycles. The maximum Gasteiger partial charge on any atom is 0.258 e. The Labute approximate surface area is 176 Å². The van der Waals surface area contributed by atoms with Crippen molar-refractivity contribution in [1.29, 1.82) is 0 Å². The SMILES string of the molecule is CCNC(=NCc1cccc(OCC(=O)NC2CC2)c1)NCc1ccc(C)c(F)c1. The fourth-order valence-electron chi connectivity index (χ4n) is 2.82. The van der Waals surface area contributed by atoms with Gasteiger partial charge in [-0.05, 0) is 61.6 Å². The third kappa shape index (κ3) is 7.06. The maximum absolute atomic E-state index is 13.7. The zero-order valence-electron chi connectivity index (χ0n) is 17.5. The number of nitrogens with one attached hydrogen (secondary N) is 3. The van der Waals surface area contributed by atoms with Gasteiger partial charge in [-0.3, -0.25) is 4.79 Å². The van der Waals surface area contributed by atoms with Crippen LogP contribution in [0.5, 0.6) is 5.75 Å². The van der Waals surface area contributed by atoms with Crippen LogP contribution in [0.4, 0.5) is 4.39 Å². The molecule has 3 N–H and O–H groups in total. The van der Waals surface area contributed by atoms with Gasteiger partial charge >= 0.3 is 0 Å². The highest BCUT2D eigenvalue weighted by molar-refractivity contribution is 5.79. The summed E-state index contributed by atoms with van der Waals surface area (Å²) in [4.78, 5) is 16.4. The molecule has 1 aliphatic carbocycles. The van der Waals surface area contributed by atoms with Crippen LogP contribution in [0.1, 0.15) is 36.5 Å². The molecule has 0 bridgehead atoms. The van der Waals surface area contributed by atoms with Crippen molar-refractivity contribution in [2.24, 2.45) is 4.99 Å². The van der Waals surface area contributed by atoms with E-state index >= 15 is 0 Å². The molecule has 0 aliphatic heterocycles. The summed E-state index contributed by atoms with van der Waals surface area (Å²) >= 11 is 0. The number of amides is 1. The van der Waals surface area contributed by atoms with E-state index in [-0.39, 0.29) is 18.3 Å². The topological polar surface area (TPSA) is 74.8 Å². The molecule has 3 rings (SSSR count). The van der Waals surface area contributed by atoms with E-state index in [1.165, 1.54) is 6.07 Å². The Balaban J connectivity index is 1.54. The quantitative estimate of drug-likeness (QED) is 0.437. The Morgan fingerprint density at radius 2 is 2.00 bits per heavy atom. The van der Waals surface area contributed by atoms with Crippen molar-refractivity contribution in [3.8, 4) is 5.75 Å². The van der Waals surface area contributed by atoms with E-state index in [9.17, 15) is 9.18 Å². The number of benzene rings is 2. The second kappa shape index (κ2) is 10.6. The minimum Gasteiger partial charge on any atom is -0.484 e. The Kier molecular flexibility index (Phi) is 7.65. The van der Waals surface area contributed by atoms with E-state index in [4.69, 9.17) is 4.74 Å². The van der Waals surface area contributed by atoms with Gasteiger partial charge in [0.2, 0.25) is 0 Å². The van der Waals surface area contributed by atoms with Crippen LogP contribution in [0, 0.1) is 12.7 Å². The lowest BCUT2D eigenvalue weighted by atomic mass is 10.1. The number of rotatable bonds is 9. The molecule has 0 saturated heterocycles. The first-order valence-corrected chi connectivity index (χ1v) is 10.3. The van der Waals surface area contributed by atoms with Crippen molar-refractivity contribution in [1.82, 2.24) is 16.0 Å². The van der Waals surface area contributed by atoms with Crippen molar-refractivity contribution < 1.29 is 13.9 Å². The molecule has 6 nitrogen and oxygen atoms in total. The highest BCUT2D eigenvalue weighted by Gasteiger charge is 2.23. The van der Waals surface area contributed by atoms with Crippen LogP contribution in [-0.4, -0.2) is 31.1 Å². The van der Waals surface area contributed by atoms with E-state index < -0.39 is 0 Å². The average Bonchev–Trinajstić information content (AvgIpc) is 3.55. The predicted octanol–water partition coefficient (Wildman–Crippen LogP) is 3.05. The van der Waals surface area contributed by atoms with Crippen molar-refractivity contribution in [3.63, 3.8) is 0 Å². The number of carbonyl (C=O) groups is 1. The number of halogens is 1. The molecule has 1 saturated carbocycles. The monoisotopic (exact) mass is 412 g/mol. The van der Waals surface area contributed by atoms with Crippen LogP contribution in [0.2, 0.25) is 0 Å². The molecule has 0 unspecified atom stereocenters. The molecular weight excluding hydrogens is 383 g/mol. The number of carbonyl (C=O) groups excluding carboxylic acids is 1. The lowest BCUT2D eigenvalue weighted by Gasteiger charge is -2.12. The summed E-state index contributed by atoms with van der Waals surface area (Å²) in [5, 5.41) is 9.31. The number of hydrogen-bond acceptors (Lipinski definition) is 3. The zero-order chi connectivity index (χ0) is 21.3. The van der Waals surface area contributed by atoms with E-state index in [0.29, 0.717) is 42.9 Å². The van der Waals surface area contributed by atoms with E-state index in [1.54, 1.807) is 13.0 Å². The second-order valence-electron chi connectivity index (χ2n) is 7.41. The molecule has 0 radical (unpaired) electrons. The predicted molar refractivity (Wildman–Crippen MR) is 116 cm³/mol. The first-order chi connectivity index (χ1) is 14.5. The third-order valence-corrected chi connectivity index (χ3v) is 4.67. The van der Waals surface area contributed by atoms with E-state index in [1.807, 2.05) is 37.3 Å². The van der Waals surface area contributed by atoms with Crippen LogP contribution in [0.3, 0.4) is 0 Å². The average molecular weight is 413 g/mol. The van der Waals surface area contributed by atoms with E-state index in [0.717, 1.165) is 24.0 Å². The molecule has 7 heteroatoms. The Morgan fingerprint density at radius 3 is 2.73 bits per heavy atom. The standard InChI is InChI=1S/C23H29FN4O2/c1-3-25-23(27-14-18-8-7-16(2)21(24)12-18)26-13-17-5-4-6-20(11-17)30-15-22(29)28-19-9-10-19/h4-8,11-12,19H,3,9-10,13-15H2,1-2H3,(H,28,29)(H2,25,26,27). The number of hydrogen-bond donors (Lipinski definition) is 3. The molecule has 0 spiro atoms. The summed E-state index contributed by atoms with van der Waals surface area (Å²) in [5.74, 6) is 0.987. The maximum atomic E-state index is 13.7. The lowest BCUT2D eigenvalue weighted by molar-refractivity contribution is -0.123. The Bertz CT molecular complexity index is 897. The molecule has 2 aromatic rings. The fourth-order valence-corrected chi connectivity index (χ4v) is 2.82. The zero-order valence-corrected chi connectivity index (χ0v) is 17.5. The molecule has 1 amide bonds. The molecule has 1 aliphatic rings. The Hall–Kier alpha value is -3.09. The molecule has 0 heterocycles. The fraction of sp³-hybridized carbons (Fsp3) is 0.391. The van der Waals surface area contributed by atoms with Gasteiger partial charge in [-0.2, -0.15) is 0 Å². The highest BCUT2D eigenvalue weighted by atomic mass is 19.1. The summed E-state index contributed by atoms with van der Waals surface area (Å²) in [5.41, 5.74) is 2.45. The smallest absolute Gasteiger partial charge is 0.258 e. The van der Waals surface area contributed by atoms with Gasteiger partial charge in [0.05, 0.1) is 6.54 Å². The van der Waals surface area contributed by atoms with Gasteiger partial charge in [0.25, 0.3) is 5.91 Å². The van der Waals surface area contributed by atoms with Gasteiger partial charge in [-0.1, -0.05) is 24.3 Å². The highest BCUT2D eigenvalue weighted by Crippen LogP contribution is 2.18. The second-order valence-corrected chi connectivity index (χ2v) is 7.41. The number of guanidine groups is 1. The normalized spacial score (nSPS) is 13.6. The molecule has 0 atom stereocenters. The molecule has 2 aromatic carbocycles. The summed E-state index contributed by atoms with van der Waals surface area (Å²) < 4.78 is 19.3. The van der Waals surface area contributed by atoms with Gasteiger partial charge in [0, 0.05) is 19.1 Å². The number of nitrogens with zero attached hydrogens (tertiary/aromatic N) is 1. The van der Waals surface area contributed by atoms with Gasteiger partial charge in [-0.15, -0.1) is 0 Å². The van der Waals surface area contributed by atoms with Crippen LogP contribution in [0.15, 0.2) is 47.5 Å². The number of aliphatic imine (C=N–C) groups is 1. The van der Waals surface area contributed by atoms with Crippen molar-refractivity contribution in [2.45, 2.75) is 45.8 Å². The summed E-state index contributed by atoms with van der Waals surface area (Å²) in [6.45, 7) is 5.39. The van der Waals surface area contributed by atoms with Crippen LogP contribution >= 0.6 is 0 Å². The van der Waals surface area contributed by atoms with Gasteiger partial charge in [0.15, 0.2) is 12.6 Å². The molecule has 30 heavy (non-hydrogen) atoms. The number of aryl methyl sites for hydroxylation is 1. The molecule has 1 fully saturated rings. The minimum absolute atomic E-state index is 0.0144. The summed E-state index contributed by atoms with van der Waals surface area (Å²) in [6.07, 6.45) is 2.11. The molecule has 160 valence electrons. The van der Waals surface area contributed by atoms with Crippen molar-refractivity contribution in [2.75, 3.05) is 13.2 Å². The van der Waals surface area contributed by atoms with Crippen LogP contribution in [-0.2, 0) is 17.9 Å². The van der Waals surface area contributed by atoms with E-state index in [2.05, 4.69) is 20.9 Å². The van der Waals surface area contributed by atoms with Gasteiger partial charge in [-0.25, -0.2) is 9.38 Å². The minimum atomic E-state index is -0.209. The summed E-state index contributed by atoms with van der Waals surface area (Å²) in [6, 6.07) is 13.1. The van der Waals surface area contributed by atoms with Crippen molar-refractivity contribution in [3.05, 3.63) is 65.0 Å². The lowest BCUT2D eigenvalue weighted by Crippen LogP contribution is -2.36. The van der Waals surface area contributed by atoms with Crippen LogP contribution in [0.25, 0.3) is 0 Å². The van der Waals surface area contributed by atoms with Crippen molar-refractivity contribution >= 4 is 11.9 Å². The van der Waals surface area contributed by atoms with Crippen LogP contribution < -0.4 is 20.7 Å². The largest absolute Gasteiger partial charge is 0.484 e. The Morgan fingerprint density at radius 1 is 1.17 bits per heavy atom. The van der Waals surface area contributed by atoms with Gasteiger partial charge in [0.1, 0.15) is 11.6 Å². The first kappa shape index (κ1) is 21.6. The molecular formula is C23H29FN4O2. The van der Waals surface area contributed by atoms with Gasteiger partial charge < -0.3 is 20.7 Å². The number of ether oxygens (including phenoxy) is 1. The summed E-state index contributed by atoms with van der Waals surface area (Å²) in [7, 11) is 0. The third-order valence-electron chi connectivity index (χ3n) is 4.67. The first-order valence-electron chi connectivity index (χ1n) is 10.3.